The van der Waals surface area contributed by atoms with Crippen molar-refractivity contribution in [1.82, 2.24) is 10.3 Å². The Morgan fingerprint density at radius 1 is 1.11 bits per heavy atom. The van der Waals surface area contributed by atoms with Gasteiger partial charge in [-0.25, -0.2) is 0 Å². The third-order valence-electron chi connectivity index (χ3n) is 4.12. The van der Waals surface area contributed by atoms with E-state index in [1.165, 1.54) is 0 Å². The smallest absolute Gasteiger partial charge is 0.261 e. The number of nitrogens with one attached hydrogen (secondary N) is 2. The van der Waals surface area contributed by atoms with Gasteiger partial charge in [0.05, 0.1) is 12.6 Å². The van der Waals surface area contributed by atoms with Gasteiger partial charge in [0.1, 0.15) is 12.2 Å². The summed E-state index contributed by atoms with van der Waals surface area (Å²) in [6.07, 6.45) is 0. The molecule has 0 fully saturated rings. The monoisotopic (exact) mass is 380 g/mol. The van der Waals surface area contributed by atoms with Gasteiger partial charge in [0.15, 0.2) is 11.5 Å². The van der Waals surface area contributed by atoms with E-state index in [0.717, 1.165) is 5.56 Å². The van der Waals surface area contributed by atoms with Gasteiger partial charge in [-0.05, 0) is 44.5 Å². The molecular weight excluding hydrogens is 356 g/mol. The summed E-state index contributed by atoms with van der Waals surface area (Å²) in [5.41, 5.74) is 0.619. The molecule has 0 aliphatic rings. The van der Waals surface area contributed by atoms with Crippen molar-refractivity contribution in [3.63, 3.8) is 0 Å². The average molecular weight is 380 g/mol. The van der Waals surface area contributed by atoms with Gasteiger partial charge in [0.2, 0.25) is 0 Å². The first-order valence-corrected chi connectivity index (χ1v) is 9.02. The second kappa shape index (κ2) is 7.76. The fraction of sp³-hybridized carbons (Fsp3) is 0.273. The van der Waals surface area contributed by atoms with Crippen molar-refractivity contribution < 1.29 is 14.3 Å². The highest BCUT2D eigenvalue weighted by Crippen LogP contribution is 2.34. The number of amides is 1. The molecule has 0 unspecified atom stereocenters. The average Bonchev–Trinajstić information content (AvgIpc) is 2.65. The Hall–Kier alpha value is -3.28. The van der Waals surface area contributed by atoms with E-state index >= 15 is 0 Å². The van der Waals surface area contributed by atoms with Crippen LogP contribution in [-0.2, 0) is 6.61 Å². The first kappa shape index (κ1) is 19.5. The summed E-state index contributed by atoms with van der Waals surface area (Å²) in [6.45, 7) is 5.91. The Balaban J connectivity index is 2.02. The highest BCUT2D eigenvalue weighted by atomic mass is 16.5. The van der Waals surface area contributed by atoms with Crippen molar-refractivity contribution in [2.24, 2.45) is 0 Å². The van der Waals surface area contributed by atoms with Crippen LogP contribution in [-0.4, -0.2) is 23.5 Å². The lowest BCUT2D eigenvalue weighted by atomic mass is 10.1. The molecule has 0 aliphatic heterocycles. The van der Waals surface area contributed by atoms with Gasteiger partial charge in [0.25, 0.3) is 11.5 Å². The normalized spacial score (nSPS) is 11.3. The summed E-state index contributed by atoms with van der Waals surface area (Å²) in [4.78, 5) is 27.8. The lowest BCUT2D eigenvalue weighted by Crippen LogP contribution is -2.42. The van der Waals surface area contributed by atoms with Gasteiger partial charge in [-0.15, -0.1) is 0 Å². The topological polar surface area (TPSA) is 80.4 Å². The molecule has 0 aliphatic carbocycles. The summed E-state index contributed by atoms with van der Waals surface area (Å²) in [6, 6.07) is 14.8. The van der Waals surface area contributed by atoms with Crippen molar-refractivity contribution in [2.75, 3.05) is 7.11 Å². The maximum atomic E-state index is 12.6. The number of benzene rings is 2. The van der Waals surface area contributed by atoms with E-state index in [-0.39, 0.29) is 5.56 Å². The third-order valence-corrected chi connectivity index (χ3v) is 4.12. The van der Waals surface area contributed by atoms with Crippen LogP contribution in [0.3, 0.4) is 0 Å². The van der Waals surface area contributed by atoms with E-state index in [0.29, 0.717) is 29.0 Å². The van der Waals surface area contributed by atoms with Crippen molar-refractivity contribution in [3.8, 4) is 11.5 Å². The van der Waals surface area contributed by atoms with E-state index in [4.69, 9.17) is 9.47 Å². The van der Waals surface area contributed by atoms with E-state index < -0.39 is 17.0 Å². The molecule has 2 aromatic carbocycles. The van der Waals surface area contributed by atoms with Crippen LogP contribution in [0, 0.1) is 0 Å². The van der Waals surface area contributed by atoms with Crippen LogP contribution in [0.1, 0.15) is 36.7 Å². The van der Waals surface area contributed by atoms with Crippen LogP contribution in [0.4, 0.5) is 0 Å². The molecule has 0 saturated carbocycles. The van der Waals surface area contributed by atoms with Crippen molar-refractivity contribution in [1.29, 1.82) is 0 Å². The number of aromatic amines is 1. The number of rotatable bonds is 5. The number of H-pyrrole nitrogens is 1. The van der Waals surface area contributed by atoms with E-state index in [1.54, 1.807) is 25.3 Å². The molecule has 6 heteroatoms. The first-order valence-electron chi connectivity index (χ1n) is 9.02. The fourth-order valence-corrected chi connectivity index (χ4v) is 2.84. The second-order valence-electron chi connectivity index (χ2n) is 7.55. The van der Waals surface area contributed by atoms with Gasteiger partial charge in [-0.3, -0.25) is 9.59 Å². The minimum atomic E-state index is -0.480. The van der Waals surface area contributed by atoms with Crippen molar-refractivity contribution in [3.05, 3.63) is 70.0 Å². The van der Waals surface area contributed by atoms with E-state index in [1.807, 2.05) is 51.1 Å². The largest absolute Gasteiger partial charge is 0.493 e. The zero-order chi connectivity index (χ0) is 20.3. The number of aromatic nitrogens is 1. The quantitative estimate of drug-likeness (QED) is 0.708. The number of carbonyl (C=O) groups is 1. The second-order valence-corrected chi connectivity index (χ2v) is 7.55. The Morgan fingerprint density at radius 2 is 1.82 bits per heavy atom. The molecule has 1 amide bonds. The summed E-state index contributed by atoms with van der Waals surface area (Å²) in [7, 11) is 1.54. The zero-order valence-corrected chi connectivity index (χ0v) is 16.5. The molecule has 0 bridgehead atoms. The van der Waals surface area contributed by atoms with Crippen LogP contribution in [0.25, 0.3) is 10.9 Å². The molecule has 146 valence electrons. The van der Waals surface area contributed by atoms with Gasteiger partial charge in [-0.2, -0.15) is 0 Å². The van der Waals surface area contributed by atoms with Gasteiger partial charge in [0, 0.05) is 10.9 Å². The summed E-state index contributed by atoms with van der Waals surface area (Å²) in [5, 5.41) is 3.49. The molecule has 1 heterocycles. The molecule has 0 radical (unpaired) electrons. The van der Waals surface area contributed by atoms with Crippen LogP contribution < -0.4 is 20.3 Å². The Bertz CT molecular complexity index is 1050. The number of hydrogen-bond acceptors (Lipinski definition) is 4. The highest BCUT2D eigenvalue weighted by Gasteiger charge is 2.20. The third kappa shape index (κ3) is 4.34. The van der Waals surface area contributed by atoms with Crippen molar-refractivity contribution >= 4 is 16.8 Å². The molecule has 3 aromatic rings. The predicted molar refractivity (Wildman–Crippen MR) is 109 cm³/mol. The minimum absolute atomic E-state index is 0.0570. The Labute approximate surface area is 163 Å². The van der Waals surface area contributed by atoms with E-state index in [2.05, 4.69) is 10.3 Å². The molecule has 3 rings (SSSR count). The summed E-state index contributed by atoms with van der Waals surface area (Å²) >= 11 is 0. The lowest BCUT2D eigenvalue weighted by molar-refractivity contribution is 0.0918. The predicted octanol–water partition coefficient (Wildman–Crippen LogP) is 3.64. The molecule has 0 atom stereocenters. The Morgan fingerprint density at radius 3 is 2.46 bits per heavy atom. The van der Waals surface area contributed by atoms with Gasteiger partial charge >= 0.3 is 0 Å². The zero-order valence-electron chi connectivity index (χ0n) is 16.5. The minimum Gasteiger partial charge on any atom is -0.493 e. The standard InChI is InChI=1S/C22H24N2O4/c1-22(2,3)24-21(26)16-12-15-10-11-17(27-4)19(18(15)23-20(16)25)28-13-14-8-6-5-7-9-14/h5-12H,13H2,1-4H3,(H,23,25)(H,24,26). The van der Waals surface area contributed by atoms with Crippen molar-refractivity contribution in [2.45, 2.75) is 32.9 Å². The van der Waals surface area contributed by atoms with Gasteiger partial charge in [-0.1, -0.05) is 30.3 Å². The number of carbonyl (C=O) groups excluding carboxylic acids is 1. The number of pyridine rings is 1. The van der Waals surface area contributed by atoms with Crippen LogP contribution in [0.15, 0.2) is 53.3 Å². The Kier molecular flexibility index (Phi) is 5.40. The molecule has 28 heavy (non-hydrogen) atoms. The molecule has 2 N–H and O–H groups in total. The van der Waals surface area contributed by atoms with E-state index in [9.17, 15) is 9.59 Å². The number of hydrogen-bond donors (Lipinski definition) is 2. The SMILES string of the molecule is COc1ccc2cc(C(=O)NC(C)(C)C)c(=O)[nH]c2c1OCc1ccccc1. The number of methoxy groups -OCH3 is 1. The lowest BCUT2D eigenvalue weighted by Gasteiger charge is -2.20. The first-order chi connectivity index (χ1) is 13.3. The maximum Gasteiger partial charge on any atom is 0.261 e. The fourth-order valence-electron chi connectivity index (χ4n) is 2.84. The maximum absolute atomic E-state index is 12.6. The molecule has 1 aromatic heterocycles. The summed E-state index contributed by atoms with van der Waals surface area (Å²) < 4.78 is 11.4. The summed E-state index contributed by atoms with van der Waals surface area (Å²) in [5.74, 6) is 0.521. The van der Waals surface area contributed by atoms with Crippen LogP contribution >= 0.6 is 0 Å². The molecule has 0 spiro atoms. The number of ether oxygens (including phenoxy) is 2. The van der Waals surface area contributed by atoms with Crippen LogP contribution in [0.2, 0.25) is 0 Å². The molecule has 6 nitrogen and oxygen atoms in total. The number of fused-ring (bicyclic) bond motifs is 1. The molecular formula is C22H24N2O4. The van der Waals surface area contributed by atoms with Gasteiger partial charge < -0.3 is 19.8 Å². The molecule has 0 saturated heterocycles. The highest BCUT2D eigenvalue weighted by molar-refractivity contribution is 5.98. The van der Waals surface area contributed by atoms with Crippen LogP contribution in [0.5, 0.6) is 11.5 Å².